The van der Waals surface area contributed by atoms with Gasteiger partial charge in [-0.3, -0.25) is 0 Å². The fourth-order valence-corrected chi connectivity index (χ4v) is 17.1. The van der Waals surface area contributed by atoms with Crippen molar-refractivity contribution < 1.29 is 298 Å². The van der Waals surface area contributed by atoms with E-state index in [1.165, 1.54) is 6.92 Å². The van der Waals surface area contributed by atoms with Gasteiger partial charge in [-0.1, -0.05) is 0 Å². The molecule has 0 spiro atoms. The van der Waals surface area contributed by atoms with Gasteiger partial charge in [0.05, 0.1) is 78.8 Å². The first-order valence-corrected chi connectivity index (χ1v) is 42.3. The molecule has 0 amide bonds. The third-order valence-corrected chi connectivity index (χ3v) is 25.1. The SMILES string of the molecule is CO[C@]1(C)C[C@@H](O)[C@@H](O[C@H]2OC([C@@H](O)CO)[C@@H](O)[C@H](O[C@H]3OC([C@@H](O)CO)[C@@H](O)[C@H](O)C3O[C@H]3OC([C@H](O)CO[C@@H]4OC(CO)[C@H](O[C@H]5OC(CO)[C@@H](O)[C@H](O[C@H]6OC(CO)[C@@H](O)[C@H](O)C6O)C5O)[C@H](O)C4O)[C@@H](O)[C@H](O)C3O[C@H]3OC([C@H](O)CO)[C@@H](O)[C@H](O)C3O[C@H]3OC(CO[C@H]4OC(CO[C@H]5OC(CO)[C@@H](O)[C@H](O)C5O)[C@@H](O)[C@H](O)C4O)[C@@H](O)[C@H](O)C3O)C2O)C([C@H](O)CO)O1. The van der Waals surface area contributed by atoms with Crippen LogP contribution < -0.4 is 0 Å². The highest BCUT2D eigenvalue weighted by Gasteiger charge is 2.63. The highest BCUT2D eigenvalue weighted by Crippen LogP contribution is 2.43. The molecule has 0 aromatic rings. The molecule has 0 aromatic carbocycles. The lowest BCUT2D eigenvalue weighted by Gasteiger charge is -2.52. The first kappa shape index (κ1) is 111. The lowest BCUT2D eigenvalue weighted by molar-refractivity contribution is -0.419. The summed E-state index contributed by atoms with van der Waals surface area (Å²) in [6.07, 6.45) is -132. The van der Waals surface area contributed by atoms with Gasteiger partial charge in [-0.15, -0.1) is 0 Å². The molecule has 11 aliphatic rings. The van der Waals surface area contributed by atoms with Crippen molar-refractivity contribution in [1.29, 1.82) is 0 Å². The summed E-state index contributed by atoms with van der Waals surface area (Å²) < 4.78 is 127. The lowest BCUT2D eigenvalue weighted by atomic mass is 9.91. The van der Waals surface area contributed by atoms with E-state index in [9.17, 15) is 194 Å². The van der Waals surface area contributed by atoms with Crippen LogP contribution in [0.25, 0.3) is 0 Å². The van der Waals surface area contributed by atoms with E-state index < -0.39 is 441 Å². The summed E-state index contributed by atoms with van der Waals surface area (Å²) in [4.78, 5) is 0. The minimum Gasteiger partial charge on any atom is -0.394 e. The van der Waals surface area contributed by atoms with E-state index in [2.05, 4.69) is 0 Å². The van der Waals surface area contributed by atoms with Crippen LogP contribution in [0.15, 0.2) is 0 Å². The van der Waals surface area contributed by atoms with Crippen LogP contribution in [0.3, 0.4) is 0 Å². The summed E-state index contributed by atoms with van der Waals surface area (Å²) in [6.45, 7) is -11.3. The Morgan fingerprint density at radius 1 is 0.241 bits per heavy atom. The van der Waals surface area contributed by atoms with Crippen molar-refractivity contribution in [3.8, 4) is 0 Å². The molecule has 0 aromatic heterocycles. The molecule has 38 N–H and O–H groups in total. The fourth-order valence-electron chi connectivity index (χ4n) is 17.1. The molecular weight excluding hydrogens is 1840 g/mol. The second-order valence-electron chi connectivity index (χ2n) is 34.1. The van der Waals surface area contributed by atoms with Crippen LogP contribution in [0.5, 0.6) is 0 Å². The summed E-state index contributed by atoms with van der Waals surface area (Å²) in [5, 5.41) is 422. The molecule has 21 unspecified atom stereocenters. The fraction of sp³-hybridized carbons (Fsp3) is 1.00. The van der Waals surface area contributed by atoms with E-state index in [1.54, 1.807) is 0 Å². The second kappa shape index (κ2) is 47.9. The Bertz CT molecular complexity index is 3440. The van der Waals surface area contributed by atoms with Crippen molar-refractivity contribution in [1.82, 2.24) is 0 Å². The molecule has 0 aliphatic carbocycles. The third kappa shape index (κ3) is 23.8. The molecule has 0 saturated carbocycles. The van der Waals surface area contributed by atoms with E-state index >= 15 is 0 Å². The third-order valence-electron chi connectivity index (χ3n) is 25.1. The van der Waals surface area contributed by atoms with Gasteiger partial charge < -0.3 is 298 Å². The van der Waals surface area contributed by atoms with Crippen LogP contribution in [0.1, 0.15) is 13.3 Å². The monoisotopic (exact) mass is 1960 g/mol. The number of aliphatic hydroxyl groups excluding tert-OH is 38. The molecule has 60 nitrogen and oxygen atoms in total. The molecular formula is C73H126O60. The minimum absolute atomic E-state index is 0.487. The van der Waals surface area contributed by atoms with Crippen LogP contribution in [0.4, 0.5) is 0 Å². The van der Waals surface area contributed by atoms with Gasteiger partial charge in [0.15, 0.2) is 68.7 Å². The second-order valence-corrected chi connectivity index (χ2v) is 34.1. The van der Waals surface area contributed by atoms with Crippen LogP contribution in [-0.2, 0) is 104 Å². The van der Waals surface area contributed by atoms with E-state index in [0.29, 0.717) is 0 Å². The van der Waals surface area contributed by atoms with Crippen molar-refractivity contribution >= 4 is 0 Å². The molecule has 133 heavy (non-hydrogen) atoms. The van der Waals surface area contributed by atoms with Crippen LogP contribution in [0.2, 0.25) is 0 Å². The maximum absolute atomic E-state index is 12.6. The van der Waals surface area contributed by atoms with Crippen molar-refractivity contribution in [3.05, 3.63) is 0 Å². The van der Waals surface area contributed by atoms with Crippen molar-refractivity contribution in [3.63, 3.8) is 0 Å². The molecule has 0 radical (unpaired) electrons. The largest absolute Gasteiger partial charge is 0.394 e. The van der Waals surface area contributed by atoms with Gasteiger partial charge in [-0.05, 0) is 6.92 Å². The van der Waals surface area contributed by atoms with Crippen molar-refractivity contribution in [2.45, 2.75) is 375 Å². The van der Waals surface area contributed by atoms with E-state index in [4.69, 9.17) is 104 Å². The molecule has 60 heteroatoms. The predicted molar refractivity (Wildman–Crippen MR) is 400 cm³/mol. The number of rotatable bonds is 37. The Morgan fingerprint density at radius 3 is 0.925 bits per heavy atom. The lowest BCUT2D eigenvalue weighted by Crippen LogP contribution is -2.70. The van der Waals surface area contributed by atoms with Crippen molar-refractivity contribution in [2.24, 2.45) is 0 Å². The van der Waals surface area contributed by atoms with Crippen LogP contribution >= 0.6 is 0 Å². The Kier molecular flexibility index (Phi) is 39.9. The molecule has 11 aliphatic heterocycles. The average molecular weight is 1960 g/mol. The van der Waals surface area contributed by atoms with E-state index in [-0.39, 0.29) is 0 Å². The topological polar surface area (TPSA) is 972 Å². The number of hydrogen-bond acceptors (Lipinski definition) is 60. The summed E-state index contributed by atoms with van der Waals surface area (Å²) in [6, 6.07) is 0. The molecule has 11 saturated heterocycles. The molecule has 11 heterocycles. The first-order chi connectivity index (χ1) is 62.8. The minimum atomic E-state index is -2.87. The van der Waals surface area contributed by atoms with E-state index in [1.807, 2.05) is 0 Å². The zero-order valence-corrected chi connectivity index (χ0v) is 70.4. The maximum atomic E-state index is 12.6. The zero-order valence-electron chi connectivity index (χ0n) is 70.4. The van der Waals surface area contributed by atoms with Gasteiger partial charge in [-0.2, -0.15) is 0 Å². The summed E-state index contributed by atoms with van der Waals surface area (Å²) in [7, 11) is 1.15. The van der Waals surface area contributed by atoms with Gasteiger partial charge in [0.25, 0.3) is 0 Å². The number of ether oxygens (including phenoxy) is 22. The summed E-state index contributed by atoms with van der Waals surface area (Å²) in [5.41, 5.74) is 0. The highest BCUT2D eigenvalue weighted by molar-refractivity contribution is 5.06. The Morgan fingerprint density at radius 2 is 0.511 bits per heavy atom. The maximum Gasteiger partial charge on any atom is 0.187 e. The van der Waals surface area contributed by atoms with Gasteiger partial charge in [0.1, 0.15) is 287 Å². The smallest absolute Gasteiger partial charge is 0.187 e. The molecule has 0 bridgehead atoms. The zero-order chi connectivity index (χ0) is 98.0. The summed E-state index contributed by atoms with van der Waals surface area (Å²) in [5.74, 6) is -1.71. The standard InChI is InChI=1S/C73H126O60/c1-73(112-2)3-15(82)55(56(133-73)19(86)7-77)126-69-50(111)59(48(109)53(122-69)18(85)6-76)129-70-61(40(101)37(98)51(123-70)16(83)4-74)131-72-62(41(102)38(99)54(125-72)20(87)12-113-65-47(108)42(103)57(24(11-81)119-65)127-68-49(110)58(31(92)23(10-80)118-68)128-66-45(106)33(94)28(89)22(9-79)117-66)132-71-60(39(100)36(97)52(124-71)17(84)5-75)130-67-46(107)35(96)30(91)26(121-67)14-115-64-44(105)34(95)29(90)25(120-64)13-114-63-43(104)32(93)27(88)21(8-78)116-63/h15-72,74-111H,3-14H2,1-2H3/t15-,16+,17-,18+,19-,20-,21?,22?,23?,24?,25?,26?,27-,28-,29-,30-,31-,32+,33+,34+,35+,36+,37+,38+,39+,40+,41+,42-,43?,44?,45?,46?,47?,48-,49?,50?,51?,52?,53?,54?,55-,56?,57+,58+,59+,60?,61?,62?,63+,64+,65-,66-,67-,68-,69-,70-,71-,72-,73+/m1/s1. The van der Waals surface area contributed by atoms with Gasteiger partial charge in [-0.25, -0.2) is 0 Å². The predicted octanol–water partition coefficient (Wildman–Crippen LogP) is -26.1. The highest BCUT2D eigenvalue weighted by atomic mass is 16.8. The number of hydrogen-bond donors (Lipinski definition) is 38. The molecule has 778 valence electrons. The van der Waals surface area contributed by atoms with Crippen LogP contribution in [0, 0.1) is 0 Å². The Balaban J connectivity index is 0.892. The Labute approximate surface area is 751 Å². The van der Waals surface area contributed by atoms with Crippen molar-refractivity contribution in [2.75, 3.05) is 79.8 Å². The van der Waals surface area contributed by atoms with Gasteiger partial charge >= 0.3 is 0 Å². The number of aliphatic hydroxyl groups is 38. The number of methoxy groups -OCH3 is 1. The average Bonchev–Trinajstić information content (AvgIpc) is 0.756. The molecule has 11 rings (SSSR count). The van der Waals surface area contributed by atoms with E-state index in [0.717, 1.165) is 7.11 Å². The first-order valence-electron chi connectivity index (χ1n) is 42.3. The Hall–Kier alpha value is -2.40. The molecule has 11 fully saturated rings. The summed E-state index contributed by atoms with van der Waals surface area (Å²) >= 11 is 0. The van der Waals surface area contributed by atoms with Gasteiger partial charge in [0, 0.05) is 13.5 Å². The normalized spacial score (nSPS) is 51.6. The van der Waals surface area contributed by atoms with Crippen LogP contribution in [-0.4, -0.2) is 636 Å². The molecule has 59 atom stereocenters. The quantitative estimate of drug-likeness (QED) is 0.0275. The van der Waals surface area contributed by atoms with Gasteiger partial charge in [0.2, 0.25) is 0 Å².